The fourth-order valence-electron chi connectivity index (χ4n) is 0. The molecule has 5 heteroatoms. The average molecular weight is 221 g/mol. The van der Waals surface area contributed by atoms with Crippen LogP contribution in [0.15, 0.2) is 0 Å². The normalized spacial score (nSPS) is 0.800. The topological polar surface area (TPSA) is 17.1 Å². The van der Waals surface area contributed by atoms with Gasteiger partial charge < -0.3 is 0 Å². The summed E-state index contributed by atoms with van der Waals surface area (Å²) in [6, 6.07) is 0. The smallest absolute Gasteiger partial charge is 0.197 e. The van der Waals surface area contributed by atoms with Gasteiger partial charge in [0.05, 0.1) is 0 Å². The predicted octanol–water partition coefficient (Wildman–Crippen LogP) is -0.344. The molecule has 5 heavy (non-hydrogen) atoms. The molecule has 0 aromatic heterocycles. The van der Waals surface area contributed by atoms with Crippen molar-refractivity contribution in [2.45, 2.75) is 0 Å². The Hall–Kier alpha value is 1.54. The van der Waals surface area contributed by atoms with Gasteiger partial charge in [-0.2, -0.15) is 4.21 Å². The molecule has 0 atom stereocenters. The van der Waals surface area contributed by atoms with Crippen LogP contribution in [0.2, 0.25) is 0 Å². The molecule has 0 fully saturated rings. The summed E-state index contributed by atoms with van der Waals surface area (Å²) in [5, 5.41) is 0. The van der Waals surface area contributed by atoms with Crippen molar-refractivity contribution in [3.8, 4) is 0 Å². The van der Waals surface area contributed by atoms with E-state index in [1.807, 2.05) is 0 Å². The summed E-state index contributed by atoms with van der Waals surface area (Å²) in [5.74, 6) is 0. The van der Waals surface area contributed by atoms with Gasteiger partial charge in [-0.05, 0) is 0 Å². The maximum Gasteiger partial charge on any atom is 0.197 e. The Labute approximate surface area is 66.8 Å². The van der Waals surface area contributed by atoms with Gasteiger partial charge in [0.1, 0.15) is 0 Å². The summed E-state index contributed by atoms with van der Waals surface area (Å²) in [5.41, 5.74) is 0. The summed E-state index contributed by atoms with van der Waals surface area (Å²) in [4.78, 5) is 0. The van der Waals surface area contributed by atoms with E-state index < -0.39 is 0 Å². The molecule has 0 aliphatic carbocycles. The van der Waals surface area contributed by atoms with Gasteiger partial charge in [0.25, 0.3) is 0 Å². The Bertz CT molecular complexity index is 11.6. The minimum atomic E-state index is 0. The Balaban J connectivity index is -0.00000000167. The molecule has 0 N–H and O–H groups in total. The second-order valence-electron chi connectivity index (χ2n) is 0. The minimum Gasteiger partial charge on any atom is -0.197 e. The van der Waals surface area contributed by atoms with Crippen molar-refractivity contribution in [3.05, 3.63) is 0 Å². The quantitative estimate of drug-likeness (QED) is 0.520. The maximum atomic E-state index is 7.83. The maximum absolute atomic E-state index is 7.83. The molecule has 0 heterocycles. The standard InChI is InChI=1S/Co.Mn.Ni.OS/c;;;1-2. The van der Waals surface area contributed by atoms with Gasteiger partial charge in [0, 0.05) is 50.3 Å². The average Bonchev–Trinajstić information content (AvgIpc) is 1.00. The van der Waals surface area contributed by atoms with Crippen molar-refractivity contribution in [1.82, 2.24) is 0 Å². The van der Waals surface area contributed by atoms with Crippen molar-refractivity contribution in [3.63, 3.8) is 0 Å². The molecular weight excluding hydrogens is 221 g/mol. The number of hydrogen-bond donors (Lipinski definition) is 0. The van der Waals surface area contributed by atoms with Crippen LogP contribution in [0.1, 0.15) is 0 Å². The molecule has 0 bridgehead atoms. The third-order valence-corrected chi connectivity index (χ3v) is 0. The molecule has 0 saturated carbocycles. The SMILES string of the molecule is O=S.[Co].[Mn].[Ni]. The van der Waals surface area contributed by atoms with E-state index in [-0.39, 0.29) is 50.3 Å². The Morgan fingerprint density at radius 1 is 1.20 bits per heavy atom. The van der Waals surface area contributed by atoms with Gasteiger partial charge in [0.15, 0.2) is 12.5 Å². The van der Waals surface area contributed by atoms with Crippen molar-refractivity contribution in [1.29, 1.82) is 0 Å². The predicted molar refractivity (Wildman–Crippen MR) is 8.14 cm³/mol. The Morgan fingerprint density at radius 2 is 1.20 bits per heavy atom. The summed E-state index contributed by atoms with van der Waals surface area (Å²) in [6.07, 6.45) is 0. The number of rotatable bonds is 0. The zero-order chi connectivity index (χ0) is 2.00. The van der Waals surface area contributed by atoms with Crippen LogP contribution in [0.25, 0.3) is 0 Å². The van der Waals surface area contributed by atoms with E-state index in [0.29, 0.717) is 0 Å². The van der Waals surface area contributed by atoms with Crippen LogP contribution >= 0.6 is 0 Å². The molecule has 1 nitrogen and oxygen atoms in total. The van der Waals surface area contributed by atoms with Crippen molar-refractivity contribution >= 4 is 12.5 Å². The molecule has 0 unspecified atom stereocenters. The zero-order valence-electron chi connectivity index (χ0n) is 1.84. The molecular formula is CoMnNiOS. The first-order chi connectivity index (χ1) is 1.00. The molecule has 0 aromatic carbocycles. The first-order valence-electron chi connectivity index (χ1n) is 0.167. The minimum absolute atomic E-state index is 0. The van der Waals surface area contributed by atoms with Crippen LogP contribution in [-0.2, 0) is 62.9 Å². The molecule has 38 valence electrons. The van der Waals surface area contributed by atoms with Gasteiger partial charge in [-0.3, -0.25) is 0 Å². The zero-order valence-corrected chi connectivity index (χ0v) is 5.87. The van der Waals surface area contributed by atoms with Crippen LogP contribution < -0.4 is 0 Å². The van der Waals surface area contributed by atoms with Gasteiger partial charge >= 0.3 is 0 Å². The summed E-state index contributed by atoms with van der Waals surface area (Å²) in [6.45, 7) is 0. The molecule has 2 radical (unpaired) electrons. The third kappa shape index (κ3) is 29.3. The van der Waals surface area contributed by atoms with Crippen LogP contribution in [0, 0.1) is 0 Å². The van der Waals surface area contributed by atoms with E-state index in [1.54, 1.807) is 0 Å². The summed E-state index contributed by atoms with van der Waals surface area (Å²) >= 11 is 2.83. The fraction of sp³-hybridized carbons (Fsp3) is 0. The third-order valence-electron chi connectivity index (χ3n) is 0. The van der Waals surface area contributed by atoms with Crippen LogP contribution in [0.5, 0.6) is 0 Å². The van der Waals surface area contributed by atoms with Gasteiger partial charge in [-0.1, -0.05) is 0 Å². The van der Waals surface area contributed by atoms with E-state index in [4.69, 9.17) is 4.21 Å². The largest absolute Gasteiger partial charge is 0.197 e. The van der Waals surface area contributed by atoms with Gasteiger partial charge in [-0.15, -0.1) is 0 Å². The van der Waals surface area contributed by atoms with Crippen LogP contribution in [-0.4, -0.2) is 4.21 Å². The Kier molecular flexibility index (Phi) is 300. The number of hydrogen-bond acceptors (Lipinski definition) is 2. The van der Waals surface area contributed by atoms with E-state index >= 15 is 0 Å². The van der Waals surface area contributed by atoms with Crippen LogP contribution in [0.4, 0.5) is 0 Å². The van der Waals surface area contributed by atoms with Gasteiger partial charge in [-0.25, -0.2) is 0 Å². The van der Waals surface area contributed by atoms with Crippen molar-refractivity contribution < 1.29 is 54.5 Å². The summed E-state index contributed by atoms with van der Waals surface area (Å²) < 4.78 is 7.83. The second-order valence-corrected chi connectivity index (χ2v) is 0. The molecule has 0 rings (SSSR count). The van der Waals surface area contributed by atoms with Crippen molar-refractivity contribution in [2.24, 2.45) is 0 Å². The van der Waals surface area contributed by atoms with E-state index in [2.05, 4.69) is 12.5 Å². The second kappa shape index (κ2) is 48.2. The monoisotopic (exact) mass is 220 g/mol. The first kappa shape index (κ1) is 31.1. The molecule has 0 saturated heterocycles. The fourth-order valence-corrected chi connectivity index (χ4v) is 0. The first-order valence-corrected chi connectivity index (χ1v) is 0.500. The van der Waals surface area contributed by atoms with Crippen molar-refractivity contribution in [2.75, 3.05) is 0 Å². The molecule has 0 aromatic rings. The molecule has 0 spiro atoms. The summed E-state index contributed by atoms with van der Waals surface area (Å²) in [7, 11) is 0. The molecule has 0 aliphatic heterocycles. The molecule has 0 aliphatic rings. The van der Waals surface area contributed by atoms with E-state index in [9.17, 15) is 0 Å². The Morgan fingerprint density at radius 3 is 1.20 bits per heavy atom. The van der Waals surface area contributed by atoms with E-state index in [1.165, 1.54) is 0 Å². The van der Waals surface area contributed by atoms with Crippen LogP contribution in [0.3, 0.4) is 0 Å². The molecule has 0 amide bonds. The van der Waals surface area contributed by atoms with Gasteiger partial charge in [0.2, 0.25) is 0 Å². The van der Waals surface area contributed by atoms with E-state index in [0.717, 1.165) is 0 Å².